The topological polar surface area (TPSA) is 80.8 Å². The third kappa shape index (κ3) is 5.51. The van der Waals surface area contributed by atoms with E-state index < -0.39 is 0 Å². The van der Waals surface area contributed by atoms with Gasteiger partial charge in [-0.15, -0.1) is 11.8 Å². The molecule has 1 N–H and O–H groups in total. The van der Waals surface area contributed by atoms with Crippen molar-refractivity contribution in [2.75, 3.05) is 24.8 Å². The summed E-state index contributed by atoms with van der Waals surface area (Å²) in [6.07, 6.45) is 4.60. The minimum Gasteiger partial charge on any atom is -0.493 e. The van der Waals surface area contributed by atoms with Crippen LogP contribution in [-0.4, -0.2) is 36.7 Å². The van der Waals surface area contributed by atoms with Gasteiger partial charge in [-0.3, -0.25) is 9.59 Å². The van der Waals surface area contributed by atoms with Gasteiger partial charge in [0.25, 0.3) is 0 Å². The lowest BCUT2D eigenvalue weighted by molar-refractivity contribution is -0.125. The van der Waals surface area contributed by atoms with Gasteiger partial charge in [-0.2, -0.15) is 0 Å². The predicted octanol–water partition coefficient (Wildman–Crippen LogP) is 4.59. The molecule has 0 unspecified atom stereocenters. The molecule has 4 rings (SSSR count). The van der Waals surface area contributed by atoms with Crippen LogP contribution in [0.15, 0.2) is 65.7 Å². The SMILES string of the molecule is COc1cccc2c1Oc1ncccc1N(C(=O)CCC(=O)NCCc1ccc(SC)cc1)C2. The van der Waals surface area contributed by atoms with E-state index in [2.05, 4.69) is 34.6 Å². The molecular weight excluding hydrogens is 450 g/mol. The van der Waals surface area contributed by atoms with Crippen molar-refractivity contribution in [1.82, 2.24) is 10.3 Å². The lowest BCUT2D eigenvalue weighted by atomic mass is 10.1. The second-order valence-corrected chi connectivity index (χ2v) is 8.69. The number of pyridine rings is 1. The zero-order chi connectivity index (χ0) is 23.9. The molecule has 2 heterocycles. The molecule has 0 aliphatic carbocycles. The fourth-order valence-corrected chi connectivity index (χ4v) is 4.19. The summed E-state index contributed by atoms with van der Waals surface area (Å²) < 4.78 is 11.5. The van der Waals surface area contributed by atoms with Crippen LogP contribution in [0.3, 0.4) is 0 Å². The average molecular weight is 478 g/mol. The first-order valence-corrected chi connectivity index (χ1v) is 12.3. The lowest BCUT2D eigenvalue weighted by Gasteiger charge is -2.21. The molecule has 2 aromatic carbocycles. The van der Waals surface area contributed by atoms with E-state index in [-0.39, 0.29) is 24.7 Å². The van der Waals surface area contributed by atoms with Crippen LogP contribution < -0.4 is 19.7 Å². The van der Waals surface area contributed by atoms with Gasteiger partial charge in [0.2, 0.25) is 17.7 Å². The molecule has 0 spiro atoms. The summed E-state index contributed by atoms with van der Waals surface area (Å²) in [5.74, 6) is 1.13. The van der Waals surface area contributed by atoms with Crippen LogP contribution >= 0.6 is 11.8 Å². The maximum Gasteiger partial charge on any atom is 0.243 e. The number of rotatable bonds is 8. The number of methoxy groups -OCH3 is 1. The minimum atomic E-state index is -0.170. The monoisotopic (exact) mass is 477 g/mol. The highest BCUT2D eigenvalue weighted by atomic mass is 32.2. The number of nitrogens with zero attached hydrogens (tertiary/aromatic N) is 2. The number of fused-ring (bicyclic) bond motifs is 2. The first-order chi connectivity index (χ1) is 16.6. The maximum absolute atomic E-state index is 13.2. The Balaban J connectivity index is 1.37. The molecule has 176 valence electrons. The molecule has 7 nitrogen and oxygen atoms in total. The number of hydrogen-bond acceptors (Lipinski definition) is 6. The number of hydrogen-bond donors (Lipinski definition) is 1. The summed E-state index contributed by atoms with van der Waals surface area (Å²) >= 11 is 1.70. The van der Waals surface area contributed by atoms with Crippen LogP contribution in [0, 0.1) is 0 Å². The van der Waals surface area contributed by atoms with E-state index in [1.54, 1.807) is 48.2 Å². The van der Waals surface area contributed by atoms with Crippen molar-refractivity contribution < 1.29 is 19.1 Å². The van der Waals surface area contributed by atoms with Crippen LogP contribution in [0.1, 0.15) is 24.0 Å². The molecule has 0 atom stereocenters. The Kier molecular flexibility index (Phi) is 7.69. The number of anilines is 1. The number of para-hydroxylation sites is 1. The summed E-state index contributed by atoms with van der Waals surface area (Å²) in [6, 6.07) is 17.4. The highest BCUT2D eigenvalue weighted by Gasteiger charge is 2.28. The molecule has 1 aliphatic rings. The summed E-state index contributed by atoms with van der Waals surface area (Å²) in [7, 11) is 1.57. The van der Waals surface area contributed by atoms with Gasteiger partial charge < -0.3 is 19.7 Å². The van der Waals surface area contributed by atoms with E-state index in [1.165, 1.54) is 4.90 Å². The largest absolute Gasteiger partial charge is 0.493 e. The van der Waals surface area contributed by atoms with Gasteiger partial charge in [-0.25, -0.2) is 4.98 Å². The molecule has 8 heteroatoms. The van der Waals surface area contributed by atoms with E-state index in [4.69, 9.17) is 9.47 Å². The molecule has 0 bridgehead atoms. The molecule has 0 fully saturated rings. The summed E-state index contributed by atoms with van der Waals surface area (Å²) in [5.41, 5.74) is 2.54. The third-order valence-corrected chi connectivity index (χ3v) is 6.35. The van der Waals surface area contributed by atoms with Crippen molar-refractivity contribution in [2.24, 2.45) is 0 Å². The van der Waals surface area contributed by atoms with Gasteiger partial charge in [0.15, 0.2) is 11.5 Å². The van der Waals surface area contributed by atoms with E-state index >= 15 is 0 Å². The van der Waals surface area contributed by atoms with Gasteiger partial charge in [0.05, 0.1) is 13.7 Å². The molecule has 34 heavy (non-hydrogen) atoms. The van der Waals surface area contributed by atoms with Gasteiger partial charge in [0, 0.05) is 36.0 Å². The Bertz CT molecular complexity index is 1170. The summed E-state index contributed by atoms with van der Waals surface area (Å²) in [5, 5.41) is 2.91. The molecule has 0 saturated heterocycles. The van der Waals surface area contributed by atoms with E-state index in [0.717, 1.165) is 17.5 Å². The Labute approximate surface area is 203 Å². The van der Waals surface area contributed by atoms with Crippen LogP contribution in [-0.2, 0) is 22.6 Å². The van der Waals surface area contributed by atoms with Crippen molar-refractivity contribution in [3.8, 4) is 17.4 Å². The van der Waals surface area contributed by atoms with Gasteiger partial charge in [0.1, 0.15) is 5.69 Å². The Morgan fingerprint density at radius 2 is 1.94 bits per heavy atom. The molecule has 1 aromatic heterocycles. The number of benzene rings is 2. The molecule has 2 amide bonds. The van der Waals surface area contributed by atoms with Crippen molar-refractivity contribution in [3.63, 3.8) is 0 Å². The predicted molar refractivity (Wildman–Crippen MR) is 133 cm³/mol. The second kappa shape index (κ2) is 11.1. The number of thioether (sulfide) groups is 1. The van der Waals surface area contributed by atoms with Crippen LogP contribution in [0.5, 0.6) is 17.4 Å². The van der Waals surface area contributed by atoms with Crippen LogP contribution in [0.4, 0.5) is 5.69 Å². The summed E-state index contributed by atoms with van der Waals surface area (Å²) in [4.78, 5) is 32.7. The average Bonchev–Trinajstić information content (AvgIpc) is 3.04. The van der Waals surface area contributed by atoms with Crippen LogP contribution in [0.25, 0.3) is 0 Å². The van der Waals surface area contributed by atoms with Gasteiger partial charge in [-0.1, -0.05) is 24.3 Å². The number of carbonyl (C=O) groups excluding carboxylic acids is 2. The Hall–Kier alpha value is -3.52. The van der Waals surface area contributed by atoms with Gasteiger partial charge in [-0.05, 0) is 48.6 Å². The molecule has 0 saturated carbocycles. The number of aromatic nitrogens is 1. The van der Waals surface area contributed by atoms with Crippen molar-refractivity contribution in [3.05, 3.63) is 71.9 Å². The Morgan fingerprint density at radius 3 is 2.71 bits per heavy atom. The first kappa shape index (κ1) is 23.6. The fraction of sp³-hybridized carbons (Fsp3) is 0.269. The van der Waals surface area contributed by atoms with Crippen molar-refractivity contribution in [1.29, 1.82) is 0 Å². The van der Waals surface area contributed by atoms with Crippen molar-refractivity contribution >= 4 is 29.3 Å². The van der Waals surface area contributed by atoms with E-state index in [9.17, 15) is 9.59 Å². The number of nitrogens with one attached hydrogen (secondary N) is 1. The zero-order valence-corrected chi connectivity index (χ0v) is 20.1. The zero-order valence-electron chi connectivity index (χ0n) is 19.2. The first-order valence-electron chi connectivity index (χ1n) is 11.1. The van der Waals surface area contributed by atoms with E-state index in [0.29, 0.717) is 36.2 Å². The highest BCUT2D eigenvalue weighted by Crippen LogP contribution is 2.42. The lowest BCUT2D eigenvalue weighted by Crippen LogP contribution is -2.32. The normalized spacial score (nSPS) is 12.1. The molecular formula is C26H27N3O4S. The minimum absolute atomic E-state index is 0.0852. The number of ether oxygens (including phenoxy) is 2. The smallest absolute Gasteiger partial charge is 0.243 e. The quantitative estimate of drug-likeness (QED) is 0.478. The number of carbonyl (C=O) groups is 2. The Morgan fingerprint density at radius 1 is 1.12 bits per heavy atom. The van der Waals surface area contributed by atoms with E-state index in [1.807, 2.05) is 18.4 Å². The van der Waals surface area contributed by atoms with Crippen molar-refractivity contribution in [2.45, 2.75) is 30.7 Å². The third-order valence-electron chi connectivity index (χ3n) is 5.61. The molecule has 0 radical (unpaired) electrons. The maximum atomic E-state index is 13.2. The molecule has 1 aliphatic heterocycles. The second-order valence-electron chi connectivity index (χ2n) is 7.81. The van der Waals surface area contributed by atoms with Gasteiger partial charge >= 0.3 is 0 Å². The number of amides is 2. The summed E-state index contributed by atoms with van der Waals surface area (Å²) in [6.45, 7) is 0.834. The standard InChI is InChI=1S/C26H27N3O4S/c1-32-22-7-3-5-19-17-29(21-6-4-15-28-26(21)33-25(19)22)24(31)13-12-23(30)27-16-14-18-8-10-20(34-2)11-9-18/h3-11,15H,12-14,16-17H2,1-2H3,(H,27,30). The molecule has 3 aromatic rings. The van der Waals surface area contributed by atoms with Crippen LogP contribution in [0.2, 0.25) is 0 Å². The highest BCUT2D eigenvalue weighted by molar-refractivity contribution is 7.98. The fourth-order valence-electron chi connectivity index (χ4n) is 3.79.